The molecule has 3 nitrogen and oxygen atoms in total. The zero-order valence-electron chi connectivity index (χ0n) is 8.77. The number of nitrogens with zero attached hydrogens (tertiary/aromatic N) is 1. The summed E-state index contributed by atoms with van der Waals surface area (Å²) in [6.07, 6.45) is 0. The van der Waals surface area contributed by atoms with Gasteiger partial charge in [-0.3, -0.25) is 0 Å². The van der Waals surface area contributed by atoms with Gasteiger partial charge < -0.3 is 10.0 Å². The summed E-state index contributed by atoms with van der Waals surface area (Å²) in [4.78, 5) is 12.7. The SMILES string of the molecule is CCN(c1cccc(Cl)c1)[C@@H](C)C(=O)O. The monoisotopic (exact) mass is 227 g/mol. The Morgan fingerprint density at radius 3 is 2.73 bits per heavy atom. The predicted octanol–water partition coefficient (Wildman–Crippen LogP) is 2.64. The Balaban J connectivity index is 2.97. The topological polar surface area (TPSA) is 40.5 Å². The van der Waals surface area contributed by atoms with Crippen molar-refractivity contribution in [3.63, 3.8) is 0 Å². The average Bonchev–Trinajstić information content (AvgIpc) is 2.18. The number of halogens is 1. The predicted molar refractivity (Wildman–Crippen MR) is 61.6 cm³/mol. The van der Waals surface area contributed by atoms with Gasteiger partial charge in [-0.1, -0.05) is 17.7 Å². The second kappa shape index (κ2) is 5.03. The van der Waals surface area contributed by atoms with Gasteiger partial charge in [0.2, 0.25) is 0 Å². The van der Waals surface area contributed by atoms with Gasteiger partial charge in [-0.05, 0) is 32.0 Å². The van der Waals surface area contributed by atoms with Gasteiger partial charge in [0, 0.05) is 17.3 Å². The van der Waals surface area contributed by atoms with E-state index in [-0.39, 0.29) is 0 Å². The standard InChI is InChI=1S/C11H14ClNO2/c1-3-13(8(2)11(14)15)10-6-4-5-9(12)7-10/h4-8H,3H2,1-2H3,(H,14,15)/t8-/m0/s1. The number of carboxylic acids is 1. The molecule has 0 spiro atoms. The largest absolute Gasteiger partial charge is 0.480 e. The van der Waals surface area contributed by atoms with Crippen molar-refractivity contribution >= 4 is 23.3 Å². The van der Waals surface area contributed by atoms with E-state index in [1.165, 1.54) is 0 Å². The lowest BCUT2D eigenvalue weighted by molar-refractivity contribution is -0.138. The van der Waals surface area contributed by atoms with E-state index in [2.05, 4.69) is 0 Å². The van der Waals surface area contributed by atoms with E-state index in [0.29, 0.717) is 11.6 Å². The van der Waals surface area contributed by atoms with E-state index in [1.807, 2.05) is 19.1 Å². The molecule has 1 rings (SSSR count). The lowest BCUT2D eigenvalue weighted by Gasteiger charge is -2.27. The second-order valence-electron chi connectivity index (χ2n) is 3.28. The van der Waals surface area contributed by atoms with Crippen molar-refractivity contribution in [1.82, 2.24) is 0 Å². The molecule has 0 fully saturated rings. The van der Waals surface area contributed by atoms with Gasteiger partial charge in [-0.15, -0.1) is 0 Å². The fourth-order valence-corrected chi connectivity index (χ4v) is 1.65. The number of carboxylic acid groups (broad SMARTS) is 1. The van der Waals surface area contributed by atoms with Gasteiger partial charge in [0.15, 0.2) is 0 Å². The molecule has 0 aliphatic heterocycles. The van der Waals surface area contributed by atoms with Crippen molar-refractivity contribution in [2.24, 2.45) is 0 Å². The molecule has 4 heteroatoms. The number of rotatable bonds is 4. The highest BCUT2D eigenvalue weighted by atomic mass is 35.5. The molecule has 0 saturated carbocycles. The molecule has 1 atom stereocenters. The van der Waals surface area contributed by atoms with Crippen LogP contribution in [0.5, 0.6) is 0 Å². The van der Waals surface area contributed by atoms with Crippen LogP contribution in [-0.4, -0.2) is 23.7 Å². The van der Waals surface area contributed by atoms with Crippen molar-refractivity contribution < 1.29 is 9.90 Å². The van der Waals surface area contributed by atoms with Crippen molar-refractivity contribution in [3.05, 3.63) is 29.3 Å². The molecular weight excluding hydrogens is 214 g/mol. The minimum atomic E-state index is -0.836. The minimum absolute atomic E-state index is 0.548. The van der Waals surface area contributed by atoms with Gasteiger partial charge in [0.1, 0.15) is 6.04 Å². The van der Waals surface area contributed by atoms with Crippen LogP contribution < -0.4 is 4.90 Å². The molecule has 82 valence electrons. The fourth-order valence-electron chi connectivity index (χ4n) is 1.47. The molecule has 0 aliphatic carbocycles. The molecule has 0 aliphatic rings. The van der Waals surface area contributed by atoms with Gasteiger partial charge >= 0.3 is 5.97 Å². The molecule has 0 heterocycles. The number of aliphatic carboxylic acids is 1. The number of benzene rings is 1. The average molecular weight is 228 g/mol. The van der Waals surface area contributed by atoms with Crippen LogP contribution in [-0.2, 0) is 4.79 Å². The van der Waals surface area contributed by atoms with Crippen molar-refractivity contribution in [1.29, 1.82) is 0 Å². The molecule has 0 saturated heterocycles. The van der Waals surface area contributed by atoms with Crippen LogP contribution in [0.15, 0.2) is 24.3 Å². The first-order chi connectivity index (χ1) is 7.06. The maximum atomic E-state index is 10.9. The number of anilines is 1. The number of hydrogen-bond acceptors (Lipinski definition) is 2. The lowest BCUT2D eigenvalue weighted by atomic mass is 10.2. The van der Waals surface area contributed by atoms with E-state index < -0.39 is 12.0 Å². The van der Waals surface area contributed by atoms with Crippen LogP contribution in [0.1, 0.15) is 13.8 Å². The summed E-state index contributed by atoms with van der Waals surface area (Å²) < 4.78 is 0. The van der Waals surface area contributed by atoms with Gasteiger partial charge in [-0.25, -0.2) is 4.79 Å². The third-order valence-electron chi connectivity index (χ3n) is 2.31. The van der Waals surface area contributed by atoms with Crippen molar-refractivity contribution in [3.8, 4) is 0 Å². The molecule has 0 amide bonds. The first-order valence-electron chi connectivity index (χ1n) is 4.81. The van der Waals surface area contributed by atoms with Gasteiger partial charge in [0.25, 0.3) is 0 Å². The lowest BCUT2D eigenvalue weighted by Crippen LogP contribution is -2.38. The molecule has 0 aromatic heterocycles. The van der Waals surface area contributed by atoms with Crippen LogP contribution in [0.3, 0.4) is 0 Å². The van der Waals surface area contributed by atoms with E-state index in [1.54, 1.807) is 24.0 Å². The molecule has 0 radical (unpaired) electrons. The first kappa shape index (κ1) is 11.9. The summed E-state index contributed by atoms with van der Waals surface area (Å²) in [6.45, 7) is 4.21. The molecule has 0 bridgehead atoms. The van der Waals surface area contributed by atoms with Crippen LogP contribution >= 0.6 is 11.6 Å². The first-order valence-corrected chi connectivity index (χ1v) is 5.19. The molecule has 15 heavy (non-hydrogen) atoms. The van der Waals surface area contributed by atoms with Gasteiger partial charge in [-0.2, -0.15) is 0 Å². The van der Waals surface area contributed by atoms with E-state index in [0.717, 1.165) is 5.69 Å². The van der Waals surface area contributed by atoms with Crippen LogP contribution in [0, 0.1) is 0 Å². The Labute approximate surface area is 94.3 Å². The highest BCUT2D eigenvalue weighted by molar-refractivity contribution is 6.30. The Hall–Kier alpha value is -1.22. The number of hydrogen-bond donors (Lipinski definition) is 1. The second-order valence-corrected chi connectivity index (χ2v) is 3.72. The molecule has 1 aromatic carbocycles. The molecular formula is C11H14ClNO2. The fraction of sp³-hybridized carbons (Fsp3) is 0.364. The summed E-state index contributed by atoms with van der Waals surface area (Å²) in [5, 5.41) is 9.55. The summed E-state index contributed by atoms with van der Waals surface area (Å²) in [7, 11) is 0. The molecule has 1 aromatic rings. The third-order valence-corrected chi connectivity index (χ3v) is 2.54. The summed E-state index contributed by atoms with van der Waals surface area (Å²) in [6, 6.07) is 6.66. The third kappa shape index (κ3) is 2.86. The van der Waals surface area contributed by atoms with Crippen LogP contribution in [0.2, 0.25) is 5.02 Å². The molecule has 1 N–H and O–H groups in total. The Bertz CT molecular complexity index is 354. The normalized spacial score (nSPS) is 12.2. The highest BCUT2D eigenvalue weighted by Gasteiger charge is 2.19. The zero-order chi connectivity index (χ0) is 11.4. The smallest absolute Gasteiger partial charge is 0.326 e. The Morgan fingerprint density at radius 2 is 2.27 bits per heavy atom. The minimum Gasteiger partial charge on any atom is -0.480 e. The van der Waals surface area contributed by atoms with E-state index in [9.17, 15) is 4.79 Å². The van der Waals surface area contributed by atoms with Crippen LogP contribution in [0.25, 0.3) is 0 Å². The zero-order valence-corrected chi connectivity index (χ0v) is 9.53. The van der Waals surface area contributed by atoms with Gasteiger partial charge in [0.05, 0.1) is 0 Å². The van der Waals surface area contributed by atoms with Crippen molar-refractivity contribution in [2.45, 2.75) is 19.9 Å². The summed E-state index contributed by atoms with van der Waals surface area (Å²) in [5.41, 5.74) is 0.833. The summed E-state index contributed by atoms with van der Waals surface area (Å²) >= 11 is 5.86. The Kier molecular flexibility index (Phi) is 3.97. The highest BCUT2D eigenvalue weighted by Crippen LogP contribution is 2.21. The van der Waals surface area contributed by atoms with E-state index >= 15 is 0 Å². The Morgan fingerprint density at radius 1 is 1.60 bits per heavy atom. The maximum absolute atomic E-state index is 10.9. The van der Waals surface area contributed by atoms with Crippen molar-refractivity contribution in [2.75, 3.05) is 11.4 Å². The number of carbonyl (C=O) groups is 1. The quantitative estimate of drug-likeness (QED) is 0.860. The van der Waals surface area contributed by atoms with Crippen LogP contribution in [0.4, 0.5) is 5.69 Å². The molecule has 0 unspecified atom stereocenters. The maximum Gasteiger partial charge on any atom is 0.326 e. The number of likely N-dealkylation sites (N-methyl/N-ethyl adjacent to an activating group) is 1. The van der Waals surface area contributed by atoms with E-state index in [4.69, 9.17) is 16.7 Å². The summed E-state index contributed by atoms with van der Waals surface area (Å²) in [5.74, 6) is -0.836.